The van der Waals surface area contributed by atoms with Gasteiger partial charge in [-0.05, 0) is 92.9 Å². The number of hydrogen-bond donors (Lipinski definition) is 0. The number of alkyl halides is 2. The summed E-state index contributed by atoms with van der Waals surface area (Å²) in [6.07, 6.45) is 15.6. The molecule has 1 aromatic carbocycles. The number of ether oxygens (including phenoxy) is 1. The molecule has 152 valence electrons. The molecule has 0 aliphatic heterocycles. The maximum absolute atomic E-state index is 12.2. The first-order valence-corrected chi connectivity index (χ1v) is 10.9. The second-order valence-corrected chi connectivity index (χ2v) is 8.33. The smallest absolute Gasteiger partial charge is 0.387 e. The van der Waals surface area contributed by atoms with Gasteiger partial charge in [0.1, 0.15) is 5.75 Å². The number of rotatable bonds is 5. The molecular formula is C25H32F2O. The normalized spacial score (nSPS) is 28.1. The highest BCUT2D eigenvalue weighted by Crippen LogP contribution is 2.36. The molecule has 0 spiro atoms. The second kappa shape index (κ2) is 10.6. The topological polar surface area (TPSA) is 9.23 Å². The molecule has 3 heteroatoms. The van der Waals surface area contributed by atoms with Crippen LogP contribution < -0.4 is 4.74 Å². The summed E-state index contributed by atoms with van der Waals surface area (Å²) in [5.74, 6) is 9.62. The molecule has 0 aromatic heterocycles. The first kappa shape index (κ1) is 20.9. The summed E-state index contributed by atoms with van der Waals surface area (Å²) in [6.45, 7) is -0.460. The van der Waals surface area contributed by atoms with Gasteiger partial charge in [0.15, 0.2) is 0 Å². The zero-order chi connectivity index (χ0) is 19.8. The van der Waals surface area contributed by atoms with Crippen LogP contribution in [0.3, 0.4) is 0 Å². The third-order valence-corrected chi connectivity index (χ3v) is 6.51. The highest BCUT2D eigenvalue weighted by atomic mass is 19.3. The van der Waals surface area contributed by atoms with Gasteiger partial charge >= 0.3 is 6.61 Å². The first-order chi connectivity index (χ1) is 13.6. The van der Waals surface area contributed by atoms with E-state index < -0.39 is 6.61 Å². The average Bonchev–Trinajstić information content (AvgIpc) is 2.72. The summed E-state index contributed by atoms with van der Waals surface area (Å²) >= 11 is 0. The number of allylic oxidation sites excluding steroid dienone is 2. The van der Waals surface area contributed by atoms with Gasteiger partial charge in [-0.1, -0.05) is 43.4 Å². The molecule has 0 bridgehead atoms. The van der Waals surface area contributed by atoms with Crippen LogP contribution in [0.5, 0.6) is 5.75 Å². The number of hydrogen-bond acceptors (Lipinski definition) is 1. The van der Waals surface area contributed by atoms with Crippen LogP contribution in [0.2, 0.25) is 0 Å². The Morgan fingerprint density at radius 1 is 1.00 bits per heavy atom. The van der Waals surface area contributed by atoms with Crippen molar-refractivity contribution < 1.29 is 13.5 Å². The minimum absolute atomic E-state index is 0.230. The van der Waals surface area contributed by atoms with Gasteiger partial charge in [0.25, 0.3) is 0 Å². The third kappa shape index (κ3) is 6.36. The van der Waals surface area contributed by atoms with Crippen LogP contribution in [0.25, 0.3) is 0 Å². The van der Waals surface area contributed by atoms with E-state index in [0.29, 0.717) is 11.8 Å². The highest BCUT2D eigenvalue weighted by molar-refractivity contribution is 5.30. The van der Waals surface area contributed by atoms with Crippen molar-refractivity contribution in [2.75, 3.05) is 0 Å². The van der Waals surface area contributed by atoms with E-state index in [4.69, 9.17) is 0 Å². The summed E-state index contributed by atoms with van der Waals surface area (Å²) in [7, 11) is 0. The first-order valence-electron chi connectivity index (χ1n) is 10.9. The molecule has 1 aromatic rings. The van der Waals surface area contributed by atoms with E-state index in [1.54, 1.807) is 12.1 Å². The summed E-state index contributed by atoms with van der Waals surface area (Å²) in [4.78, 5) is 0. The van der Waals surface area contributed by atoms with Crippen molar-refractivity contribution in [1.29, 1.82) is 0 Å². The van der Waals surface area contributed by atoms with Crippen molar-refractivity contribution in [3.8, 4) is 17.6 Å². The molecule has 2 saturated carbocycles. The van der Waals surface area contributed by atoms with E-state index in [-0.39, 0.29) is 5.75 Å². The molecule has 2 fully saturated rings. The molecule has 1 nitrogen and oxygen atoms in total. The van der Waals surface area contributed by atoms with E-state index in [9.17, 15) is 8.78 Å². The molecular weight excluding hydrogens is 354 g/mol. The quantitative estimate of drug-likeness (QED) is 0.481. The average molecular weight is 387 g/mol. The van der Waals surface area contributed by atoms with E-state index in [1.807, 2.05) is 12.1 Å². The zero-order valence-corrected chi connectivity index (χ0v) is 16.9. The summed E-state index contributed by atoms with van der Waals surface area (Å²) in [5.41, 5.74) is 1.22. The van der Waals surface area contributed by atoms with Crippen molar-refractivity contribution in [3.05, 3.63) is 42.0 Å². The SMILES string of the molecule is CCC1CCC(C=CC#CC2CCC(c3ccc(OC(F)F)cc3)CC2)CC1. The van der Waals surface area contributed by atoms with Gasteiger partial charge in [0.05, 0.1) is 0 Å². The van der Waals surface area contributed by atoms with Crippen LogP contribution in [0, 0.1) is 29.6 Å². The fourth-order valence-corrected chi connectivity index (χ4v) is 4.63. The lowest BCUT2D eigenvalue weighted by Crippen LogP contribution is -2.12. The van der Waals surface area contributed by atoms with E-state index >= 15 is 0 Å². The van der Waals surface area contributed by atoms with Gasteiger partial charge < -0.3 is 4.74 Å². The maximum atomic E-state index is 12.2. The maximum Gasteiger partial charge on any atom is 0.387 e. The van der Waals surface area contributed by atoms with Gasteiger partial charge in [-0.3, -0.25) is 0 Å². The zero-order valence-electron chi connectivity index (χ0n) is 16.9. The summed E-state index contributed by atoms with van der Waals surface area (Å²) in [5, 5.41) is 0. The standard InChI is InChI=1S/C25H32F2O/c1-2-19-7-9-20(10-8-19)5-3-4-6-21-11-13-22(14-12-21)23-15-17-24(18-16-23)28-25(26)27/h3,5,15-22,25H,2,7-14H2,1H3. The predicted molar refractivity (Wildman–Crippen MR) is 110 cm³/mol. The number of halogens is 2. The largest absolute Gasteiger partial charge is 0.435 e. The molecule has 28 heavy (non-hydrogen) atoms. The molecule has 0 amide bonds. The fourth-order valence-electron chi connectivity index (χ4n) is 4.63. The lowest BCUT2D eigenvalue weighted by molar-refractivity contribution is -0.0498. The van der Waals surface area contributed by atoms with Gasteiger partial charge in [-0.25, -0.2) is 0 Å². The van der Waals surface area contributed by atoms with Crippen LogP contribution in [0.4, 0.5) is 8.78 Å². The van der Waals surface area contributed by atoms with Crippen molar-refractivity contribution >= 4 is 0 Å². The van der Waals surface area contributed by atoms with E-state index in [1.165, 1.54) is 37.7 Å². The predicted octanol–water partition coefficient (Wildman–Crippen LogP) is 7.34. The molecule has 0 heterocycles. The molecule has 0 atom stereocenters. The van der Waals surface area contributed by atoms with Crippen LogP contribution in [0.1, 0.15) is 76.2 Å². The molecule has 2 aliphatic rings. The van der Waals surface area contributed by atoms with Gasteiger partial charge in [-0.2, -0.15) is 8.78 Å². The molecule has 3 rings (SSSR count). The Labute approximate surface area is 168 Å². The fraction of sp³-hybridized carbons (Fsp3) is 0.600. The van der Waals surface area contributed by atoms with Gasteiger partial charge in [0, 0.05) is 5.92 Å². The summed E-state index contributed by atoms with van der Waals surface area (Å²) in [6, 6.07) is 7.13. The Kier molecular flexibility index (Phi) is 7.95. The Morgan fingerprint density at radius 3 is 2.29 bits per heavy atom. The van der Waals surface area contributed by atoms with Crippen LogP contribution >= 0.6 is 0 Å². The van der Waals surface area contributed by atoms with Crippen LogP contribution in [-0.2, 0) is 0 Å². The van der Waals surface area contributed by atoms with E-state index in [2.05, 4.69) is 35.7 Å². The number of benzene rings is 1. The lowest BCUT2D eigenvalue weighted by atomic mass is 9.79. The van der Waals surface area contributed by atoms with Crippen LogP contribution in [-0.4, -0.2) is 6.61 Å². The summed E-state index contributed by atoms with van der Waals surface area (Å²) < 4.78 is 28.9. The minimum Gasteiger partial charge on any atom is -0.435 e. The Morgan fingerprint density at radius 2 is 1.68 bits per heavy atom. The molecule has 2 aliphatic carbocycles. The van der Waals surface area contributed by atoms with Gasteiger partial charge in [0.2, 0.25) is 0 Å². The van der Waals surface area contributed by atoms with Crippen LogP contribution in [0.15, 0.2) is 36.4 Å². The van der Waals surface area contributed by atoms with Gasteiger partial charge in [-0.15, -0.1) is 0 Å². The third-order valence-electron chi connectivity index (χ3n) is 6.51. The van der Waals surface area contributed by atoms with Crippen molar-refractivity contribution in [2.24, 2.45) is 17.8 Å². The Hall–Kier alpha value is -1.82. The minimum atomic E-state index is -2.76. The molecule has 0 radical (unpaired) electrons. The Bertz CT molecular complexity index is 667. The van der Waals surface area contributed by atoms with Crippen molar-refractivity contribution in [3.63, 3.8) is 0 Å². The highest BCUT2D eigenvalue weighted by Gasteiger charge is 2.21. The molecule has 0 N–H and O–H groups in total. The van der Waals surface area contributed by atoms with E-state index in [0.717, 1.165) is 37.5 Å². The lowest BCUT2D eigenvalue weighted by Gasteiger charge is -2.26. The second-order valence-electron chi connectivity index (χ2n) is 8.33. The van der Waals surface area contributed by atoms with Crippen molar-refractivity contribution in [1.82, 2.24) is 0 Å². The monoisotopic (exact) mass is 386 g/mol. The van der Waals surface area contributed by atoms with Crippen molar-refractivity contribution in [2.45, 2.75) is 77.2 Å². The molecule has 0 unspecified atom stereocenters. The molecule has 0 saturated heterocycles. The Balaban J connectivity index is 1.41.